The Hall–Kier alpha value is -2.70. The first-order chi connectivity index (χ1) is 13.1. The van der Waals surface area contributed by atoms with Gasteiger partial charge in [0.05, 0.1) is 18.8 Å². The number of nitrogens with one attached hydrogen (secondary N) is 1. The van der Waals surface area contributed by atoms with Gasteiger partial charge in [0, 0.05) is 11.6 Å². The Morgan fingerprint density at radius 3 is 2.81 bits per heavy atom. The van der Waals surface area contributed by atoms with Crippen molar-refractivity contribution in [1.82, 2.24) is 20.3 Å². The molecule has 27 heavy (non-hydrogen) atoms. The van der Waals surface area contributed by atoms with Crippen LogP contribution in [0.25, 0.3) is 0 Å². The number of amides is 1. The largest absolute Gasteiger partial charge is 0.365 e. The molecule has 1 N–H and O–H groups in total. The number of benzene rings is 2. The van der Waals surface area contributed by atoms with E-state index in [-0.39, 0.29) is 18.6 Å². The maximum atomic E-state index is 12.6. The van der Waals surface area contributed by atoms with Crippen LogP contribution in [0.2, 0.25) is 5.02 Å². The zero-order valence-corrected chi connectivity index (χ0v) is 15.6. The first-order valence-corrected chi connectivity index (χ1v) is 9.12. The fourth-order valence-electron chi connectivity index (χ4n) is 3.13. The summed E-state index contributed by atoms with van der Waals surface area (Å²) in [6.45, 7) is 3.26. The fourth-order valence-corrected chi connectivity index (χ4v) is 3.26. The molecule has 0 saturated heterocycles. The number of fused-ring (bicyclic) bond motifs is 1. The van der Waals surface area contributed by atoms with Crippen molar-refractivity contribution in [3.8, 4) is 0 Å². The summed E-state index contributed by atoms with van der Waals surface area (Å²) < 4.78 is 7.68. The Morgan fingerprint density at radius 1 is 1.26 bits per heavy atom. The molecule has 6 nitrogen and oxygen atoms in total. The molecule has 1 atom stereocenters. The summed E-state index contributed by atoms with van der Waals surface area (Å²) in [5.41, 5.74) is 4.25. The molecule has 1 aliphatic rings. The summed E-state index contributed by atoms with van der Waals surface area (Å²) in [4.78, 5) is 12.6. The molecule has 0 fully saturated rings. The van der Waals surface area contributed by atoms with Gasteiger partial charge in [0.2, 0.25) is 0 Å². The molecule has 7 heteroatoms. The van der Waals surface area contributed by atoms with Crippen LogP contribution in [-0.2, 0) is 24.4 Å². The molecule has 0 saturated carbocycles. The van der Waals surface area contributed by atoms with Crippen LogP contribution in [0.5, 0.6) is 0 Å². The van der Waals surface area contributed by atoms with E-state index in [9.17, 15) is 4.79 Å². The fraction of sp³-hybridized carbons (Fsp3) is 0.250. The molecule has 1 amide bonds. The summed E-state index contributed by atoms with van der Waals surface area (Å²) in [5, 5.41) is 11.8. The van der Waals surface area contributed by atoms with Gasteiger partial charge < -0.3 is 10.1 Å². The SMILES string of the molecule is Cc1ccccc1CNC(=O)c1nnn2c1CO[C@@H](c1ccc(Cl)cc1)C2. The van der Waals surface area contributed by atoms with E-state index in [1.807, 2.05) is 55.5 Å². The van der Waals surface area contributed by atoms with Crippen molar-refractivity contribution in [1.29, 1.82) is 0 Å². The molecule has 1 aliphatic heterocycles. The van der Waals surface area contributed by atoms with Crippen LogP contribution in [0.4, 0.5) is 0 Å². The minimum atomic E-state index is -0.243. The lowest BCUT2D eigenvalue weighted by Gasteiger charge is -2.24. The molecular weight excluding hydrogens is 364 g/mol. The number of carbonyl (C=O) groups excluding carboxylic acids is 1. The topological polar surface area (TPSA) is 69.0 Å². The number of hydrogen-bond donors (Lipinski definition) is 1. The van der Waals surface area contributed by atoms with Crippen molar-refractivity contribution in [2.45, 2.75) is 32.7 Å². The zero-order valence-electron chi connectivity index (χ0n) is 14.9. The van der Waals surface area contributed by atoms with Crippen LogP contribution in [0.15, 0.2) is 48.5 Å². The van der Waals surface area contributed by atoms with Crippen LogP contribution in [-0.4, -0.2) is 20.9 Å². The number of aromatic nitrogens is 3. The first-order valence-electron chi connectivity index (χ1n) is 8.74. The van der Waals surface area contributed by atoms with Gasteiger partial charge >= 0.3 is 0 Å². The van der Waals surface area contributed by atoms with Gasteiger partial charge in [-0.2, -0.15) is 0 Å². The van der Waals surface area contributed by atoms with Gasteiger partial charge in [-0.25, -0.2) is 4.68 Å². The lowest BCUT2D eigenvalue weighted by atomic mass is 10.1. The predicted molar refractivity (Wildman–Crippen MR) is 101 cm³/mol. The molecule has 2 aromatic carbocycles. The molecule has 0 unspecified atom stereocenters. The summed E-state index contributed by atoms with van der Waals surface area (Å²) >= 11 is 5.94. The summed E-state index contributed by atoms with van der Waals surface area (Å²) in [5.74, 6) is -0.243. The van der Waals surface area contributed by atoms with Gasteiger partial charge in [-0.15, -0.1) is 5.10 Å². The van der Waals surface area contributed by atoms with Crippen LogP contribution in [0.3, 0.4) is 0 Å². The predicted octanol–water partition coefficient (Wildman–Crippen LogP) is 3.44. The van der Waals surface area contributed by atoms with Crippen LogP contribution < -0.4 is 5.32 Å². The Kier molecular flexibility index (Phi) is 4.92. The summed E-state index contributed by atoms with van der Waals surface area (Å²) in [6.07, 6.45) is -0.139. The highest BCUT2D eigenvalue weighted by atomic mass is 35.5. The molecule has 1 aromatic heterocycles. The Bertz CT molecular complexity index is 968. The molecule has 0 spiro atoms. The lowest BCUT2D eigenvalue weighted by molar-refractivity contribution is -0.00177. The minimum Gasteiger partial charge on any atom is -0.365 e. The molecule has 0 radical (unpaired) electrons. The standard InChI is InChI=1S/C20H19ClN4O2/c1-13-4-2-3-5-15(13)10-22-20(26)19-17-12-27-18(11-25(17)24-23-19)14-6-8-16(21)9-7-14/h2-9,18H,10-12H2,1H3,(H,22,26)/t18-/m1/s1. The quantitative estimate of drug-likeness (QED) is 0.750. The molecule has 2 heterocycles. The van der Waals surface area contributed by atoms with Crippen LogP contribution in [0.1, 0.15) is 39.0 Å². The number of carbonyl (C=O) groups is 1. The molecular formula is C20H19ClN4O2. The van der Waals surface area contributed by atoms with Crippen molar-refractivity contribution < 1.29 is 9.53 Å². The van der Waals surface area contributed by atoms with E-state index in [0.29, 0.717) is 29.5 Å². The van der Waals surface area contributed by atoms with Gasteiger partial charge in [0.1, 0.15) is 6.10 Å². The third kappa shape index (κ3) is 3.72. The number of nitrogens with zero attached hydrogens (tertiary/aromatic N) is 3. The Balaban J connectivity index is 1.45. The van der Waals surface area contributed by atoms with Crippen molar-refractivity contribution in [2.75, 3.05) is 0 Å². The number of halogens is 1. The molecule has 138 valence electrons. The van der Waals surface area contributed by atoms with Gasteiger partial charge in [0.15, 0.2) is 5.69 Å². The number of ether oxygens (including phenoxy) is 1. The van der Waals surface area contributed by atoms with Crippen molar-refractivity contribution in [3.63, 3.8) is 0 Å². The van der Waals surface area contributed by atoms with Crippen LogP contribution >= 0.6 is 11.6 Å². The molecule has 4 rings (SSSR count). The van der Waals surface area contributed by atoms with Crippen molar-refractivity contribution >= 4 is 17.5 Å². The molecule has 3 aromatic rings. The maximum Gasteiger partial charge on any atom is 0.274 e. The normalized spacial score (nSPS) is 16.0. The van der Waals surface area contributed by atoms with Gasteiger partial charge in [0.25, 0.3) is 5.91 Å². The van der Waals surface area contributed by atoms with E-state index in [1.165, 1.54) is 0 Å². The monoisotopic (exact) mass is 382 g/mol. The van der Waals surface area contributed by atoms with Gasteiger partial charge in [-0.3, -0.25) is 4.79 Å². The number of rotatable bonds is 4. The van der Waals surface area contributed by atoms with Crippen molar-refractivity contribution in [2.24, 2.45) is 0 Å². The second kappa shape index (κ2) is 7.50. The Morgan fingerprint density at radius 2 is 2.04 bits per heavy atom. The van der Waals surface area contributed by atoms with E-state index in [0.717, 1.165) is 16.7 Å². The average molecular weight is 383 g/mol. The van der Waals surface area contributed by atoms with E-state index in [4.69, 9.17) is 16.3 Å². The molecule has 0 aliphatic carbocycles. The van der Waals surface area contributed by atoms with Crippen molar-refractivity contribution in [3.05, 3.63) is 81.6 Å². The van der Waals surface area contributed by atoms with E-state index < -0.39 is 0 Å². The Labute approximate surface area is 162 Å². The molecule has 0 bridgehead atoms. The van der Waals surface area contributed by atoms with Crippen LogP contribution in [0, 0.1) is 6.92 Å². The highest BCUT2D eigenvalue weighted by Crippen LogP contribution is 2.27. The number of aryl methyl sites for hydroxylation is 1. The number of hydrogen-bond acceptors (Lipinski definition) is 4. The first kappa shape index (κ1) is 17.7. The maximum absolute atomic E-state index is 12.6. The van der Waals surface area contributed by atoms with E-state index >= 15 is 0 Å². The average Bonchev–Trinajstić information content (AvgIpc) is 3.11. The smallest absolute Gasteiger partial charge is 0.274 e. The highest BCUT2D eigenvalue weighted by molar-refractivity contribution is 6.30. The van der Waals surface area contributed by atoms with Gasteiger partial charge in [-0.05, 0) is 35.7 Å². The zero-order chi connectivity index (χ0) is 18.8. The highest BCUT2D eigenvalue weighted by Gasteiger charge is 2.27. The second-order valence-corrected chi connectivity index (χ2v) is 6.96. The second-order valence-electron chi connectivity index (χ2n) is 6.53. The van der Waals surface area contributed by atoms with Gasteiger partial charge in [-0.1, -0.05) is 53.2 Å². The minimum absolute atomic E-state index is 0.139. The summed E-state index contributed by atoms with van der Waals surface area (Å²) in [6, 6.07) is 15.5. The van der Waals surface area contributed by atoms with E-state index in [2.05, 4.69) is 15.6 Å². The third-order valence-corrected chi connectivity index (χ3v) is 5.01. The lowest BCUT2D eigenvalue weighted by Crippen LogP contribution is -2.27. The third-order valence-electron chi connectivity index (χ3n) is 4.76. The van der Waals surface area contributed by atoms with E-state index in [1.54, 1.807) is 4.68 Å². The summed E-state index contributed by atoms with van der Waals surface area (Å²) in [7, 11) is 0.